The third-order valence-corrected chi connectivity index (χ3v) is 4.78. The maximum absolute atomic E-state index is 12.3. The van der Waals surface area contributed by atoms with Crippen LogP contribution in [-0.4, -0.2) is 24.6 Å². The van der Waals surface area contributed by atoms with Crippen molar-refractivity contribution in [2.45, 2.75) is 13.0 Å². The van der Waals surface area contributed by atoms with Crippen LogP contribution in [0.4, 0.5) is 5.69 Å². The van der Waals surface area contributed by atoms with Crippen molar-refractivity contribution in [1.82, 2.24) is 18.7 Å². The van der Waals surface area contributed by atoms with Gasteiger partial charge in [0.2, 0.25) is 5.91 Å². The number of anilines is 1. The van der Waals surface area contributed by atoms with Gasteiger partial charge in [-0.1, -0.05) is 12.1 Å². The minimum atomic E-state index is -0.500. The van der Waals surface area contributed by atoms with Gasteiger partial charge >= 0.3 is 5.69 Å². The zero-order valence-electron chi connectivity index (χ0n) is 14.6. The molecule has 138 valence electrons. The van der Waals surface area contributed by atoms with Gasteiger partial charge in [0.25, 0.3) is 5.56 Å². The van der Waals surface area contributed by atoms with E-state index in [1.165, 1.54) is 18.7 Å². The molecule has 0 spiro atoms. The molecule has 0 saturated carbocycles. The van der Waals surface area contributed by atoms with E-state index in [2.05, 4.69) is 26.2 Å². The van der Waals surface area contributed by atoms with Gasteiger partial charge in [-0.05, 0) is 28.1 Å². The van der Waals surface area contributed by atoms with E-state index in [-0.39, 0.29) is 24.4 Å². The molecule has 3 aromatic rings. The SMILES string of the molecule is Cn1c(=O)c2nc(Br)n(CCC(=O)Nc3ccccc3C#N)c2n(C)c1=O. The summed E-state index contributed by atoms with van der Waals surface area (Å²) in [4.78, 5) is 40.9. The number of nitrogens with zero attached hydrogens (tertiary/aromatic N) is 5. The minimum absolute atomic E-state index is 0.0627. The van der Waals surface area contributed by atoms with Crippen molar-refractivity contribution in [3.63, 3.8) is 0 Å². The highest BCUT2D eigenvalue weighted by molar-refractivity contribution is 9.10. The molecule has 1 amide bonds. The molecular formula is C17H15BrN6O3. The van der Waals surface area contributed by atoms with Crippen molar-refractivity contribution in [2.24, 2.45) is 14.1 Å². The molecule has 0 atom stereocenters. The number of aromatic nitrogens is 4. The molecule has 0 unspecified atom stereocenters. The molecule has 3 rings (SSSR count). The van der Waals surface area contributed by atoms with Crippen LogP contribution < -0.4 is 16.6 Å². The lowest BCUT2D eigenvalue weighted by Gasteiger charge is -2.10. The third kappa shape index (κ3) is 3.29. The summed E-state index contributed by atoms with van der Waals surface area (Å²) in [7, 11) is 2.93. The first-order valence-electron chi connectivity index (χ1n) is 7.96. The number of nitriles is 1. The lowest BCUT2D eigenvalue weighted by Crippen LogP contribution is -2.37. The first-order chi connectivity index (χ1) is 12.8. The second-order valence-electron chi connectivity index (χ2n) is 5.87. The summed E-state index contributed by atoms with van der Waals surface area (Å²) in [6.07, 6.45) is 0.0627. The monoisotopic (exact) mass is 430 g/mol. The minimum Gasteiger partial charge on any atom is -0.325 e. The van der Waals surface area contributed by atoms with Crippen LogP contribution in [0.15, 0.2) is 38.6 Å². The van der Waals surface area contributed by atoms with Gasteiger partial charge in [-0.3, -0.25) is 18.7 Å². The number of aryl methyl sites for hydroxylation is 2. The molecule has 2 heterocycles. The average molecular weight is 431 g/mol. The largest absolute Gasteiger partial charge is 0.332 e. The van der Waals surface area contributed by atoms with E-state index in [1.807, 2.05) is 6.07 Å². The number of halogens is 1. The third-order valence-electron chi connectivity index (χ3n) is 4.18. The van der Waals surface area contributed by atoms with Gasteiger partial charge in [-0.2, -0.15) is 5.26 Å². The average Bonchev–Trinajstić information content (AvgIpc) is 3.00. The lowest BCUT2D eigenvalue weighted by molar-refractivity contribution is -0.116. The molecule has 0 aliphatic heterocycles. The van der Waals surface area contributed by atoms with Crippen molar-refractivity contribution in [1.29, 1.82) is 5.26 Å². The zero-order chi connectivity index (χ0) is 19.7. The van der Waals surface area contributed by atoms with Crippen LogP contribution in [0.5, 0.6) is 0 Å². The highest BCUT2D eigenvalue weighted by Gasteiger charge is 2.18. The molecule has 0 aliphatic carbocycles. The Kier molecular flexibility index (Phi) is 4.96. The van der Waals surface area contributed by atoms with E-state index in [4.69, 9.17) is 5.26 Å². The summed E-state index contributed by atoms with van der Waals surface area (Å²) < 4.78 is 4.24. The fourth-order valence-electron chi connectivity index (χ4n) is 2.78. The second-order valence-corrected chi connectivity index (χ2v) is 6.58. The number of rotatable bonds is 4. The summed E-state index contributed by atoms with van der Waals surface area (Å²) in [5.41, 5.74) is 0.294. The first kappa shape index (κ1) is 18.6. The summed E-state index contributed by atoms with van der Waals surface area (Å²) in [5.74, 6) is -0.305. The standard InChI is InChI=1S/C17H15BrN6O3/c1-22-14-13(15(26)23(2)17(22)27)21-16(18)24(14)8-7-12(25)20-11-6-4-3-5-10(11)9-19/h3-6H,7-8H2,1-2H3,(H,20,25). The summed E-state index contributed by atoms with van der Waals surface area (Å²) in [6.45, 7) is 0.193. The Hall–Kier alpha value is -3.19. The molecule has 1 aromatic carbocycles. The van der Waals surface area contributed by atoms with Gasteiger partial charge in [0, 0.05) is 27.1 Å². The van der Waals surface area contributed by atoms with E-state index in [9.17, 15) is 14.4 Å². The van der Waals surface area contributed by atoms with E-state index in [0.717, 1.165) is 4.57 Å². The molecule has 2 aromatic heterocycles. The number of fused-ring (bicyclic) bond motifs is 1. The second kappa shape index (κ2) is 7.20. The number of para-hydroxylation sites is 1. The number of nitrogens with one attached hydrogen (secondary N) is 1. The van der Waals surface area contributed by atoms with Gasteiger partial charge in [-0.25, -0.2) is 9.78 Å². The molecule has 9 nitrogen and oxygen atoms in total. The van der Waals surface area contributed by atoms with E-state index in [1.54, 1.807) is 28.8 Å². The molecule has 0 aliphatic rings. The number of carbonyl (C=O) groups excluding carboxylic acids is 1. The summed E-state index contributed by atoms with van der Waals surface area (Å²) in [6, 6.07) is 8.71. The molecule has 0 bridgehead atoms. The van der Waals surface area contributed by atoms with Gasteiger partial charge in [0.05, 0.1) is 11.3 Å². The maximum atomic E-state index is 12.3. The van der Waals surface area contributed by atoms with Crippen LogP contribution in [0, 0.1) is 11.3 Å². The Morgan fingerprint density at radius 2 is 1.96 bits per heavy atom. The molecule has 27 heavy (non-hydrogen) atoms. The van der Waals surface area contributed by atoms with Gasteiger partial charge < -0.3 is 9.88 Å². The van der Waals surface area contributed by atoms with Crippen LogP contribution in [-0.2, 0) is 25.4 Å². The van der Waals surface area contributed by atoms with Crippen molar-refractivity contribution >= 4 is 38.7 Å². The predicted octanol–water partition coefficient (Wildman–Crippen LogP) is 1.10. The quantitative estimate of drug-likeness (QED) is 0.622. The number of hydrogen-bond acceptors (Lipinski definition) is 5. The summed E-state index contributed by atoms with van der Waals surface area (Å²) in [5, 5.41) is 11.8. The molecule has 10 heteroatoms. The lowest BCUT2D eigenvalue weighted by atomic mass is 10.2. The Balaban J connectivity index is 1.89. The van der Waals surface area contributed by atoms with Crippen LogP contribution in [0.25, 0.3) is 11.2 Å². The Morgan fingerprint density at radius 3 is 2.67 bits per heavy atom. The number of amides is 1. The van der Waals surface area contributed by atoms with Crippen LogP contribution in [0.3, 0.4) is 0 Å². The number of carbonyl (C=O) groups is 1. The maximum Gasteiger partial charge on any atom is 0.332 e. The van der Waals surface area contributed by atoms with Crippen molar-refractivity contribution in [3.05, 3.63) is 55.4 Å². The fourth-order valence-corrected chi connectivity index (χ4v) is 3.30. The highest BCUT2D eigenvalue weighted by Crippen LogP contribution is 2.18. The van der Waals surface area contributed by atoms with E-state index >= 15 is 0 Å². The van der Waals surface area contributed by atoms with E-state index < -0.39 is 11.2 Å². The molecule has 0 saturated heterocycles. The predicted molar refractivity (Wildman–Crippen MR) is 102 cm³/mol. The van der Waals surface area contributed by atoms with Crippen molar-refractivity contribution < 1.29 is 4.79 Å². The van der Waals surface area contributed by atoms with Crippen LogP contribution >= 0.6 is 15.9 Å². The number of benzene rings is 1. The van der Waals surface area contributed by atoms with Gasteiger partial charge in [0.15, 0.2) is 15.9 Å². The van der Waals surface area contributed by atoms with Crippen LogP contribution in [0.1, 0.15) is 12.0 Å². The summed E-state index contributed by atoms with van der Waals surface area (Å²) >= 11 is 3.28. The Bertz CT molecular complexity index is 1210. The van der Waals surface area contributed by atoms with Crippen molar-refractivity contribution in [3.8, 4) is 6.07 Å². The highest BCUT2D eigenvalue weighted by atomic mass is 79.9. The molecule has 0 fully saturated rings. The molecule has 1 N–H and O–H groups in total. The molecule has 0 radical (unpaired) electrons. The van der Waals surface area contributed by atoms with E-state index in [0.29, 0.717) is 21.6 Å². The smallest absolute Gasteiger partial charge is 0.325 e. The Morgan fingerprint density at radius 1 is 1.26 bits per heavy atom. The fraction of sp³-hybridized carbons (Fsp3) is 0.235. The normalized spacial score (nSPS) is 10.7. The zero-order valence-corrected chi connectivity index (χ0v) is 16.1. The van der Waals surface area contributed by atoms with Crippen LogP contribution in [0.2, 0.25) is 0 Å². The number of hydrogen-bond donors (Lipinski definition) is 1. The number of imidazole rings is 1. The topological polar surface area (TPSA) is 115 Å². The molecular weight excluding hydrogens is 416 g/mol. The Labute approximate surface area is 161 Å². The van der Waals surface area contributed by atoms with Gasteiger partial charge in [0.1, 0.15) is 6.07 Å². The first-order valence-corrected chi connectivity index (χ1v) is 8.75. The van der Waals surface area contributed by atoms with Crippen molar-refractivity contribution in [2.75, 3.05) is 5.32 Å². The van der Waals surface area contributed by atoms with Gasteiger partial charge in [-0.15, -0.1) is 0 Å².